The highest BCUT2D eigenvalue weighted by atomic mass is 16.3. The summed E-state index contributed by atoms with van der Waals surface area (Å²) in [4.78, 5) is 20.5. The summed E-state index contributed by atoms with van der Waals surface area (Å²) in [5.41, 5.74) is 4.55. The second-order valence-electron chi connectivity index (χ2n) is 1.61. The SMILES string of the molecule is N#CCC(=O)C(O)C(N)=O. The number of aliphatic hydroxyl groups excluding tert-OH is 1. The summed E-state index contributed by atoms with van der Waals surface area (Å²) in [5.74, 6) is -1.99. The number of carbonyl (C=O) groups is 2. The van der Waals surface area contributed by atoms with Gasteiger partial charge in [0, 0.05) is 0 Å². The second kappa shape index (κ2) is 3.58. The van der Waals surface area contributed by atoms with Gasteiger partial charge in [0.2, 0.25) is 0 Å². The molecule has 10 heavy (non-hydrogen) atoms. The van der Waals surface area contributed by atoms with Crippen LogP contribution in [-0.2, 0) is 9.59 Å². The van der Waals surface area contributed by atoms with Crippen molar-refractivity contribution in [2.75, 3.05) is 0 Å². The Hall–Kier alpha value is -1.41. The normalized spacial score (nSPS) is 11.6. The number of rotatable bonds is 3. The lowest BCUT2D eigenvalue weighted by Gasteiger charge is -1.99. The van der Waals surface area contributed by atoms with Gasteiger partial charge in [0.1, 0.15) is 0 Å². The molecule has 0 bridgehead atoms. The lowest BCUT2D eigenvalue weighted by Crippen LogP contribution is -2.35. The molecule has 0 fully saturated rings. The number of primary amides is 1. The smallest absolute Gasteiger partial charge is 0.254 e. The Balaban J connectivity index is 3.98. The number of amides is 1. The first kappa shape index (κ1) is 8.59. The highest BCUT2D eigenvalue weighted by Gasteiger charge is 2.19. The fourth-order valence-corrected chi connectivity index (χ4v) is 0.333. The molecule has 0 spiro atoms. The van der Waals surface area contributed by atoms with Crippen LogP contribution < -0.4 is 5.73 Å². The van der Waals surface area contributed by atoms with E-state index >= 15 is 0 Å². The number of nitriles is 1. The number of aliphatic hydroxyl groups is 1. The molecule has 0 aliphatic rings. The fraction of sp³-hybridized carbons (Fsp3) is 0.400. The summed E-state index contributed by atoms with van der Waals surface area (Å²) in [6.07, 6.45) is -2.33. The quantitative estimate of drug-likeness (QED) is 0.459. The van der Waals surface area contributed by atoms with Crippen molar-refractivity contribution in [1.82, 2.24) is 0 Å². The van der Waals surface area contributed by atoms with Crippen LogP contribution in [0, 0.1) is 11.3 Å². The van der Waals surface area contributed by atoms with E-state index in [2.05, 4.69) is 5.73 Å². The van der Waals surface area contributed by atoms with Crippen LogP contribution in [0.15, 0.2) is 0 Å². The van der Waals surface area contributed by atoms with E-state index in [1.807, 2.05) is 0 Å². The Kier molecular flexibility index (Phi) is 3.08. The van der Waals surface area contributed by atoms with Crippen LogP contribution in [0.2, 0.25) is 0 Å². The van der Waals surface area contributed by atoms with Crippen LogP contribution in [0.1, 0.15) is 6.42 Å². The number of hydrogen-bond donors (Lipinski definition) is 2. The number of nitrogens with zero attached hydrogens (tertiary/aromatic N) is 1. The van der Waals surface area contributed by atoms with Gasteiger partial charge >= 0.3 is 0 Å². The minimum Gasteiger partial charge on any atom is -0.376 e. The third-order valence-electron chi connectivity index (χ3n) is 0.828. The van der Waals surface area contributed by atoms with Crippen molar-refractivity contribution in [1.29, 1.82) is 5.26 Å². The van der Waals surface area contributed by atoms with Crippen LogP contribution in [-0.4, -0.2) is 22.9 Å². The van der Waals surface area contributed by atoms with Gasteiger partial charge in [-0.3, -0.25) is 9.59 Å². The van der Waals surface area contributed by atoms with E-state index in [9.17, 15) is 9.59 Å². The van der Waals surface area contributed by atoms with Crippen molar-refractivity contribution >= 4 is 11.7 Å². The molecular formula is C5H6N2O3. The zero-order chi connectivity index (χ0) is 8.15. The number of hydrogen-bond acceptors (Lipinski definition) is 4. The summed E-state index contributed by atoms with van der Waals surface area (Å²) < 4.78 is 0. The minimum atomic E-state index is -1.83. The van der Waals surface area contributed by atoms with E-state index in [4.69, 9.17) is 10.4 Å². The molecule has 0 saturated carbocycles. The molecule has 1 amide bonds. The summed E-state index contributed by atoms with van der Waals surface area (Å²) in [7, 11) is 0. The molecule has 1 atom stereocenters. The number of carbonyl (C=O) groups excluding carboxylic acids is 2. The van der Waals surface area contributed by atoms with Crippen molar-refractivity contribution in [3.05, 3.63) is 0 Å². The van der Waals surface area contributed by atoms with Crippen LogP contribution in [0.4, 0.5) is 0 Å². The monoisotopic (exact) mass is 142 g/mol. The standard InChI is InChI=1S/C5H6N2O3/c6-2-1-3(8)4(9)5(7)10/h4,9H,1H2,(H2,7,10). The van der Waals surface area contributed by atoms with Crippen molar-refractivity contribution in [3.63, 3.8) is 0 Å². The van der Waals surface area contributed by atoms with E-state index < -0.39 is 24.2 Å². The number of Topliss-reactive ketones (excluding diaryl/α,β-unsaturated/α-hetero) is 1. The van der Waals surface area contributed by atoms with Gasteiger partial charge in [0.05, 0.1) is 12.5 Å². The number of nitrogens with two attached hydrogens (primary N) is 1. The minimum absolute atomic E-state index is 0.496. The zero-order valence-corrected chi connectivity index (χ0v) is 5.07. The Bertz CT molecular complexity index is 194. The Morgan fingerprint density at radius 1 is 1.70 bits per heavy atom. The van der Waals surface area contributed by atoms with Crippen LogP contribution >= 0.6 is 0 Å². The molecule has 0 aromatic heterocycles. The molecule has 1 unspecified atom stereocenters. The van der Waals surface area contributed by atoms with E-state index in [1.165, 1.54) is 6.07 Å². The summed E-state index contributed by atoms with van der Waals surface area (Å²) >= 11 is 0. The highest BCUT2D eigenvalue weighted by Crippen LogP contribution is 1.88. The average Bonchev–Trinajstić information content (AvgIpc) is 1.87. The molecule has 54 valence electrons. The molecule has 0 aromatic carbocycles. The molecule has 0 aliphatic heterocycles. The second-order valence-corrected chi connectivity index (χ2v) is 1.61. The van der Waals surface area contributed by atoms with E-state index in [0.717, 1.165) is 0 Å². The third kappa shape index (κ3) is 2.24. The summed E-state index contributed by atoms with van der Waals surface area (Å²) in [5, 5.41) is 16.5. The maximum absolute atomic E-state index is 10.4. The lowest BCUT2D eigenvalue weighted by molar-refractivity contribution is -0.137. The molecule has 3 N–H and O–H groups in total. The molecule has 0 heterocycles. The van der Waals surface area contributed by atoms with Crippen LogP contribution in [0.25, 0.3) is 0 Å². The van der Waals surface area contributed by atoms with Gasteiger partial charge < -0.3 is 10.8 Å². The first-order valence-electron chi connectivity index (χ1n) is 2.46. The van der Waals surface area contributed by atoms with Gasteiger partial charge in [-0.15, -0.1) is 0 Å². The number of ketones is 1. The summed E-state index contributed by atoms with van der Waals surface area (Å²) in [6, 6.07) is 1.49. The molecule has 0 rings (SSSR count). The van der Waals surface area contributed by atoms with Crippen molar-refractivity contribution in [2.24, 2.45) is 5.73 Å². The maximum atomic E-state index is 10.4. The zero-order valence-electron chi connectivity index (χ0n) is 5.07. The van der Waals surface area contributed by atoms with E-state index in [1.54, 1.807) is 0 Å². The Morgan fingerprint density at radius 2 is 2.20 bits per heavy atom. The van der Waals surface area contributed by atoms with E-state index in [0.29, 0.717) is 0 Å². The highest BCUT2D eigenvalue weighted by molar-refractivity contribution is 6.03. The Morgan fingerprint density at radius 3 is 2.50 bits per heavy atom. The topological polar surface area (TPSA) is 104 Å². The molecule has 0 radical (unpaired) electrons. The fourth-order valence-electron chi connectivity index (χ4n) is 0.333. The van der Waals surface area contributed by atoms with Crippen molar-refractivity contribution in [3.8, 4) is 6.07 Å². The van der Waals surface area contributed by atoms with Gasteiger partial charge in [-0.25, -0.2) is 0 Å². The molecule has 5 heteroatoms. The first-order chi connectivity index (χ1) is 4.59. The molecule has 0 saturated heterocycles. The van der Waals surface area contributed by atoms with Gasteiger partial charge in [0.25, 0.3) is 5.91 Å². The summed E-state index contributed by atoms with van der Waals surface area (Å²) in [6.45, 7) is 0. The maximum Gasteiger partial charge on any atom is 0.254 e. The van der Waals surface area contributed by atoms with E-state index in [-0.39, 0.29) is 0 Å². The predicted octanol–water partition coefficient (Wildman–Crippen LogP) is -1.68. The van der Waals surface area contributed by atoms with Crippen molar-refractivity contribution < 1.29 is 14.7 Å². The molecule has 0 aromatic rings. The molecule has 5 nitrogen and oxygen atoms in total. The van der Waals surface area contributed by atoms with Crippen LogP contribution in [0.5, 0.6) is 0 Å². The van der Waals surface area contributed by atoms with Gasteiger partial charge in [-0.05, 0) is 0 Å². The van der Waals surface area contributed by atoms with Gasteiger partial charge in [0.15, 0.2) is 11.9 Å². The van der Waals surface area contributed by atoms with Gasteiger partial charge in [-0.1, -0.05) is 0 Å². The molecular weight excluding hydrogens is 136 g/mol. The lowest BCUT2D eigenvalue weighted by atomic mass is 10.2. The third-order valence-corrected chi connectivity index (χ3v) is 0.828. The van der Waals surface area contributed by atoms with Gasteiger partial charge in [-0.2, -0.15) is 5.26 Å². The molecule has 0 aliphatic carbocycles. The largest absolute Gasteiger partial charge is 0.376 e. The first-order valence-corrected chi connectivity index (χ1v) is 2.46. The van der Waals surface area contributed by atoms with Crippen LogP contribution in [0.3, 0.4) is 0 Å². The average molecular weight is 142 g/mol. The van der Waals surface area contributed by atoms with Crippen molar-refractivity contribution in [2.45, 2.75) is 12.5 Å². The Labute approximate surface area is 57.0 Å². The predicted molar refractivity (Wildman–Crippen MR) is 30.4 cm³/mol.